The summed E-state index contributed by atoms with van der Waals surface area (Å²) < 4.78 is 5.66. The number of aliphatic hydroxyl groups excluding tert-OH is 1. The van der Waals surface area contributed by atoms with Gasteiger partial charge in [-0.05, 0) is 78.2 Å². The molecule has 2 rings (SSSR count). The zero-order valence-corrected chi connectivity index (χ0v) is 16.6. The number of hydrogen-bond donors (Lipinski definition) is 2. The Labute approximate surface area is 153 Å². The maximum Gasteiger partial charge on any atom is 0.410 e. The van der Waals surface area contributed by atoms with Crippen LogP contribution in [0.15, 0.2) is 0 Å². The average Bonchev–Trinajstić information content (AvgIpc) is 3.01. The van der Waals surface area contributed by atoms with Crippen LogP contribution in [0.1, 0.15) is 79.1 Å². The van der Waals surface area contributed by atoms with Crippen LogP contribution in [0.2, 0.25) is 0 Å². The van der Waals surface area contributed by atoms with Crippen molar-refractivity contribution in [2.75, 3.05) is 13.1 Å². The number of likely N-dealkylation sites (tertiary alicyclic amines) is 1. The minimum absolute atomic E-state index is 0.149. The molecule has 146 valence electrons. The molecule has 0 spiro atoms. The van der Waals surface area contributed by atoms with Gasteiger partial charge in [0.05, 0.1) is 6.10 Å². The zero-order chi connectivity index (χ0) is 18.4. The van der Waals surface area contributed by atoms with Crippen molar-refractivity contribution in [3.05, 3.63) is 0 Å². The van der Waals surface area contributed by atoms with Gasteiger partial charge in [-0.15, -0.1) is 0 Å². The van der Waals surface area contributed by atoms with Crippen LogP contribution in [0.3, 0.4) is 0 Å². The fourth-order valence-corrected chi connectivity index (χ4v) is 4.29. The molecule has 25 heavy (non-hydrogen) atoms. The molecule has 5 heteroatoms. The third kappa shape index (κ3) is 6.14. The highest BCUT2D eigenvalue weighted by atomic mass is 16.6. The fraction of sp³-hybridized carbons (Fsp3) is 0.950. The molecule has 0 aromatic heterocycles. The van der Waals surface area contributed by atoms with E-state index in [2.05, 4.69) is 5.32 Å². The van der Waals surface area contributed by atoms with Crippen molar-refractivity contribution in [1.29, 1.82) is 0 Å². The lowest BCUT2D eigenvalue weighted by atomic mass is 9.87. The number of rotatable bonds is 6. The van der Waals surface area contributed by atoms with Crippen molar-refractivity contribution < 1.29 is 14.6 Å². The van der Waals surface area contributed by atoms with Gasteiger partial charge in [0.25, 0.3) is 0 Å². The standard InChI is InChI=1S/C20H38N2O3/c1-5-15(23)12-13-21-17-10-8-9-16(17)18-11-6-7-14-22(18)19(24)25-20(2,3)4/h15-18,21,23H,5-14H2,1-4H3. The lowest BCUT2D eigenvalue weighted by Crippen LogP contribution is -2.52. The molecule has 1 aliphatic heterocycles. The van der Waals surface area contributed by atoms with Gasteiger partial charge in [0.15, 0.2) is 0 Å². The molecule has 0 aromatic carbocycles. The van der Waals surface area contributed by atoms with Gasteiger partial charge in [0.1, 0.15) is 5.60 Å². The molecule has 5 nitrogen and oxygen atoms in total. The number of nitrogens with one attached hydrogen (secondary N) is 1. The van der Waals surface area contributed by atoms with E-state index in [4.69, 9.17) is 4.74 Å². The summed E-state index contributed by atoms with van der Waals surface area (Å²) >= 11 is 0. The number of hydrogen-bond acceptors (Lipinski definition) is 4. The van der Waals surface area contributed by atoms with Crippen molar-refractivity contribution in [3.8, 4) is 0 Å². The lowest BCUT2D eigenvalue weighted by Gasteiger charge is -2.41. The van der Waals surface area contributed by atoms with Gasteiger partial charge >= 0.3 is 6.09 Å². The van der Waals surface area contributed by atoms with E-state index in [9.17, 15) is 9.90 Å². The van der Waals surface area contributed by atoms with Crippen LogP contribution in [0, 0.1) is 5.92 Å². The summed E-state index contributed by atoms with van der Waals surface area (Å²) in [4.78, 5) is 14.7. The quantitative estimate of drug-likeness (QED) is 0.763. The Morgan fingerprint density at radius 2 is 2.00 bits per heavy atom. The smallest absolute Gasteiger partial charge is 0.410 e. The van der Waals surface area contributed by atoms with Crippen LogP contribution < -0.4 is 5.32 Å². The maximum atomic E-state index is 12.7. The molecule has 4 unspecified atom stereocenters. The summed E-state index contributed by atoms with van der Waals surface area (Å²) in [6.45, 7) is 9.49. The van der Waals surface area contributed by atoms with Crippen molar-refractivity contribution in [2.24, 2.45) is 5.92 Å². The number of aliphatic hydroxyl groups is 1. The summed E-state index contributed by atoms with van der Waals surface area (Å²) in [5.41, 5.74) is -0.442. The Bertz CT molecular complexity index is 422. The second-order valence-electron chi connectivity index (χ2n) is 8.74. The van der Waals surface area contributed by atoms with Crippen molar-refractivity contribution in [2.45, 2.75) is 103 Å². The third-order valence-electron chi connectivity index (χ3n) is 5.60. The lowest BCUT2D eigenvalue weighted by molar-refractivity contribution is -0.000137. The van der Waals surface area contributed by atoms with Gasteiger partial charge in [-0.3, -0.25) is 0 Å². The Hall–Kier alpha value is -0.810. The number of carbonyl (C=O) groups excluding carboxylic acids is 1. The molecule has 0 radical (unpaired) electrons. The molecule has 2 fully saturated rings. The summed E-state index contributed by atoms with van der Waals surface area (Å²) in [5.74, 6) is 0.506. The van der Waals surface area contributed by atoms with Gasteiger partial charge in [-0.2, -0.15) is 0 Å². The van der Waals surface area contributed by atoms with Crippen LogP contribution >= 0.6 is 0 Å². The van der Waals surface area contributed by atoms with E-state index >= 15 is 0 Å². The molecule has 2 aliphatic rings. The van der Waals surface area contributed by atoms with Gasteiger partial charge in [-0.25, -0.2) is 4.79 Å². The number of nitrogens with zero attached hydrogens (tertiary/aromatic N) is 1. The first-order chi connectivity index (χ1) is 11.8. The Kier molecular flexibility index (Phi) is 7.56. The predicted octanol–water partition coefficient (Wildman–Crippen LogP) is 3.70. The van der Waals surface area contributed by atoms with Crippen LogP contribution in [0.4, 0.5) is 4.79 Å². The van der Waals surface area contributed by atoms with Gasteiger partial charge < -0.3 is 20.1 Å². The largest absolute Gasteiger partial charge is 0.444 e. The van der Waals surface area contributed by atoms with E-state index in [0.717, 1.165) is 38.8 Å². The number of amides is 1. The van der Waals surface area contributed by atoms with E-state index in [0.29, 0.717) is 18.0 Å². The van der Waals surface area contributed by atoms with Crippen LogP contribution in [0.5, 0.6) is 0 Å². The fourth-order valence-electron chi connectivity index (χ4n) is 4.29. The molecule has 0 aromatic rings. The van der Waals surface area contributed by atoms with E-state index in [1.807, 2.05) is 32.6 Å². The van der Waals surface area contributed by atoms with Crippen LogP contribution in [-0.4, -0.2) is 53.0 Å². The van der Waals surface area contributed by atoms with Crippen LogP contribution in [-0.2, 0) is 4.74 Å². The number of carbonyl (C=O) groups is 1. The molecule has 1 amide bonds. The summed E-state index contributed by atoms with van der Waals surface area (Å²) in [7, 11) is 0. The molecule has 1 saturated heterocycles. The summed E-state index contributed by atoms with van der Waals surface area (Å²) in [6, 6.07) is 0.747. The Balaban J connectivity index is 1.96. The topological polar surface area (TPSA) is 61.8 Å². The first-order valence-electron chi connectivity index (χ1n) is 10.2. The zero-order valence-electron chi connectivity index (χ0n) is 16.6. The first-order valence-corrected chi connectivity index (χ1v) is 10.2. The summed E-state index contributed by atoms with van der Waals surface area (Å²) in [5, 5.41) is 13.4. The van der Waals surface area contributed by atoms with E-state index in [1.54, 1.807) is 0 Å². The predicted molar refractivity (Wildman–Crippen MR) is 101 cm³/mol. The molecule has 4 atom stereocenters. The first kappa shape index (κ1) is 20.5. The molecule has 0 bridgehead atoms. The van der Waals surface area contributed by atoms with Crippen LogP contribution in [0.25, 0.3) is 0 Å². The van der Waals surface area contributed by atoms with E-state index < -0.39 is 5.60 Å². The van der Waals surface area contributed by atoms with Crippen molar-refractivity contribution in [3.63, 3.8) is 0 Å². The minimum Gasteiger partial charge on any atom is -0.444 e. The van der Waals surface area contributed by atoms with Gasteiger partial charge in [0, 0.05) is 18.6 Å². The monoisotopic (exact) mass is 354 g/mol. The highest BCUT2D eigenvalue weighted by Crippen LogP contribution is 2.36. The van der Waals surface area contributed by atoms with E-state index in [1.165, 1.54) is 25.7 Å². The normalized spacial score (nSPS) is 28.8. The van der Waals surface area contributed by atoms with E-state index in [-0.39, 0.29) is 12.2 Å². The minimum atomic E-state index is -0.442. The van der Waals surface area contributed by atoms with Gasteiger partial charge in [0.2, 0.25) is 0 Å². The summed E-state index contributed by atoms with van der Waals surface area (Å²) in [6.07, 6.45) is 8.18. The highest BCUT2D eigenvalue weighted by Gasteiger charge is 2.40. The SMILES string of the molecule is CCC(O)CCNC1CCCC1C1CCCCN1C(=O)OC(C)(C)C. The molecular formula is C20H38N2O3. The molecule has 1 heterocycles. The van der Waals surface area contributed by atoms with Crippen molar-refractivity contribution in [1.82, 2.24) is 10.2 Å². The molecule has 1 aliphatic carbocycles. The average molecular weight is 355 g/mol. The maximum absolute atomic E-state index is 12.7. The third-order valence-corrected chi connectivity index (χ3v) is 5.60. The molecule has 1 saturated carbocycles. The molecule has 2 N–H and O–H groups in total. The number of ether oxygens (including phenoxy) is 1. The van der Waals surface area contributed by atoms with Gasteiger partial charge in [-0.1, -0.05) is 13.3 Å². The second-order valence-corrected chi connectivity index (χ2v) is 8.74. The molecular weight excluding hydrogens is 316 g/mol. The Morgan fingerprint density at radius 3 is 2.68 bits per heavy atom. The second kappa shape index (κ2) is 9.22. The number of piperidine rings is 1. The highest BCUT2D eigenvalue weighted by molar-refractivity contribution is 5.68. The van der Waals surface area contributed by atoms with Crippen molar-refractivity contribution >= 4 is 6.09 Å². The Morgan fingerprint density at radius 1 is 1.24 bits per heavy atom.